The van der Waals surface area contributed by atoms with E-state index in [1.165, 1.54) is 6.20 Å². The summed E-state index contributed by atoms with van der Waals surface area (Å²) in [6, 6.07) is 16.6. The van der Waals surface area contributed by atoms with Crippen LogP contribution in [0.2, 0.25) is 0 Å². The van der Waals surface area contributed by atoms with Crippen LogP contribution in [-0.2, 0) is 11.3 Å². The molecule has 0 bridgehead atoms. The van der Waals surface area contributed by atoms with Crippen molar-refractivity contribution < 1.29 is 4.79 Å². The Morgan fingerprint density at radius 1 is 1.09 bits per heavy atom. The molecule has 3 rings (SSSR count). The summed E-state index contributed by atoms with van der Waals surface area (Å²) in [4.78, 5) is 25.8. The minimum Gasteiger partial charge on any atom is -0.314 e. The van der Waals surface area contributed by atoms with Crippen LogP contribution < -0.4 is 10.3 Å². The molecule has 3 aromatic rings. The predicted octanol–water partition coefficient (Wildman–Crippen LogP) is 2.06. The Labute approximate surface area is 127 Å². The van der Waals surface area contributed by atoms with Gasteiger partial charge in [-0.15, -0.1) is 0 Å². The Hall–Kier alpha value is -2.95. The maximum Gasteiger partial charge on any atom is 0.248 e. The lowest BCUT2D eigenvalue weighted by atomic mass is 10.2. The van der Waals surface area contributed by atoms with Gasteiger partial charge in [-0.3, -0.25) is 14.3 Å². The normalized spacial score (nSPS) is 10.6. The fourth-order valence-corrected chi connectivity index (χ4v) is 2.32. The first-order chi connectivity index (χ1) is 10.7. The Morgan fingerprint density at radius 2 is 1.77 bits per heavy atom. The number of nitrogens with zero attached hydrogens (tertiary/aromatic N) is 3. The standard InChI is InChI=1S/C17H15N3O2/c1-19(13-7-3-2-4-8-13)17(22)12-20-15-10-6-5-9-14(15)16(21)11-18-20/h2-11H,12H2,1H3. The first kappa shape index (κ1) is 14.0. The molecule has 1 heterocycles. The fourth-order valence-electron chi connectivity index (χ4n) is 2.32. The molecule has 5 heteroatoms. The van der Waals surface area contributed by atoms with E-state index in [2.05, 4.69) is 5.10 Å². The van der Waals surface area contributed by atoms with E-state index in [0.717, 1.165) is 5.69 Å². The molecule has 0 saturated heterocycles. The van der Waals surface area contributed by atoms with Gasteiger partial charge >= 0.3 is 0 Å². The van der Waals surface area contributed by atoms with Gasteiger partial charge < -0.3 is 4.90 Å². The zero-order chi connectivity index (χ0) is 15.5. The molecule has 2 aromatic carbocycles. The summed E-state index contributed by atoms with van der Waals surface area (Å²) in [5.74, 6) is -0.104. The molecule has 1 aromatic heterocycles. The first-order valence-corrected chi connectivity index (χ1v) is 6.93. The number of para-hydroxylation sites is 2. The van der Waals surface area contributed by atoms with Crippen LogP contribution in [0.5, 0.6) is 0 Å². The van der Waals surface area contributed by atoms with Gasteiger partial charge in [-0.1, -0.05) is 30.3 Å². The molecule has 0 fully saturated rings. The van der Waals surface area contributed by atoms with Crippen molar-refractivity contribution in [3.63, 3.8) is 0 Å². The molecule has 22 heavy (non-hydrogen) atoms. The highest BCUT2D eigenvalue weighted by Gasteiger charge is 2.13. The molecular weight excluding hydrogens is 278 g/mol. The van der Waals surface area contributed by atoms with Crippen molar-refractivity contribution in [3.8, 4) is 0 Å². The number of carbonyl (C=O) groups is 1. The van der Waals surface area contributed by atoms with Crippen LogP contribution in [0.3, 0.4) is 0 Å². The molecule has 5 nitrogen and oxygen atoms in total. The van der Waals surface area contributed by atoms with Crippen molar-refractivity contribution in [2.24, 2.45) is 0 Å². The van der Waals surface area contributed by atoms with E-state index in [1.807, 2.05) is 36.4 Å². The van der Waals surface area contributed by atoms with E-state index >= 15 is 0 Å². The van der Waals surface area contributed by atoms with E-state index in [4.69, 9.17) is 0 Å². The molecule has 0 aliphatic heterocycles. The quantitative estimate of drug-likeness (QED) is 0.742. The van der Waals surface area contributed by atoms with Gasteiger partial charge in [0.05, 0.1) is 11.7 Å². The summed E-state index contributed by atoms with van der Waals surface area (Å²) in [7, 11) is 1.72. The molecule has 110 valence electrons. The number of carbonyl (C=O) groups excluding carboxylic acids is 1. The minimum absolute atomic E-state index is 0.0756. The highest BCUT2D eigenvalue weighted by Crippen LogP contribution is 2.13. The lowest BCUT2D eigenvalue weighted by Gasteiger charge is -2.18. The van der Waals surface area contributed by atoms with Crippen molar-refractivity contribution in [2.45, 2.75) is 6.54 Å². The third-order valence-corrected chi connectivity index (χ3v) is 3.56. The predicted molar refractivity (Wildman–Crippen MR) is 85.9 cm³/mol. The number of hydrogen-bond acceptors (Lipinski definition) is 3. The van der Waals surface area contributed by atoms with Crippen LogP contribution in [0.15, 0.2) is 65.6 Å². The molecule has 0 atom stereocenters. The van der Waals surface area contributed by atoms with E-state index in [0.29, 0.717) is 10.9 Å². The van der Waals surface area contributed by atoms with Gasteiger partial charge in [0.25, 0.3) is 0 Å². The second-order valence-electron chi connectivity index (χ2n) is 4.97. The Bertz CT molecular complexity index is 872. The molecule has 0 saturated carbocycles. The van der Waals surface area contributed by atoms with E-state index < -0.39 is 0 Å². The second kappa shape index (κ2) is 5.81. The van der Waals surface area contributed by atoms with Crippen molar-refractivity contribution in [1.82, 2.24) is 9.78 Å². The topological polar surface area (TPSA) is 55.2 Å². The summed E-state index contributed by atoms with van der Waals surface area (Å²) < 4.78 is 1.55. The number of anilines is 1. The van der Waals surface area contributed by atoms with Gasteiger partial charge in [0.2, 0.25) is 11.3 Å². The molecule has 0 aliphatic carbocycles. The number of amides is 1. The summed E-state index contributed by atoms with van der Waals surface area (Å²) in [6.07, 6.45) is 1.25. The van der Waals surface area contributed by atoms with E-state index in [1.54, 1.807) is 34.8 Å². The fraction of sp³-hybridized carbons (Fsp3) is 0.118. The smallest absolute Gasteiger partial charge is 0.248 e. The van der Waals surface area contributed by atoms with Gasteiger partial charge in [0.1, 0.15) is 6.54 Å². The van der Waals surface area contributed by atoms with Gasteiger partial charge in [-0.25, -0.2) is 0 Å². The molecule has 0 aliphatic rings. The highest BCUT2D eigenvalue weighted by molar-refractivity contribution is 5.93. The average Bonchev–Trinajstić information content (AvgIpc) is 2.57. The number of hydrogen-bond donors (Lipinski definition) is 0. The highest BCUT2D eigenvalue weighted by atomic mass is 16.2. The van der Waals surface area contributed by atoms with Crippen LogP contribution in [0.4, 0.5) is 5.69 Å². The first-order valence-electron chi connectivity index (χ1n) is 6.93. The number of fused-ring (bicyclic) bond motifs is 1. The maximum absolute atomic E-state index is 12.4. The van der Waals surface area contributed by atoms with Gasteiger partial charge in [-0.2, -0.15) is 5.10 Å². The van der Waals surface area contributed by atoms with Crippen LogP contribution >= 0.6 is 0 Å². The summed E-state index contributed by atoms with van der Waals surface area (Å²) in [5.41, 5.74) is 1.33. The van der Waals surface area contributed by atoms with E-state index in [9.17, 15) is 9.59 Å². The minimum atomic E-state index is -0.143. The number of aromatic nitrogens is 2. The summed E-state index contributed by atoms with van der Waals surface area (Å²) in [6.45, 7) is 0.0756. The number of rotatable bonds is 3. The monoisotopic (exact) mass is 293 g/mol. The summed E-state index contributed by atoms with van der Waals surface area (Å²) >= 11 is 0. The van der Waals surface area contributed by atoms with Gasteiger partial charge in [0, 0.05) is 18.1 Å². The molecule has 1 amide bonds. The van der Waals surface area contributed by atoms with Crippen LogP contribution in [0.25, 0.3) is 10.9 Å². The zero-order valence-electron chi connectivity index (χ0n) is 12.1. The maximum atomic E-state index is 12.4. The second-order valence-corrected chi connectivity index (χ2v) is 4.97. The molecule has 0 N–H and O–H groups in total. The SMILES string of the molecule is CN(C(=O)Cn1ncc(=O)c2ccccc21)c1ccccc1. The third kappa shape index (κ3) is 2.61. The number of likely N-dealkylation sites (N-methyl/N-ethyl adjacent to an activating group) is 1. The van der Waals surface area contributed by atoms with E-state index in [-0.39, 0.29) is 17.9 Å². The van der Waals surface area contributed by atoms with Crippen LogP contribution in [0, 0.1) is 0 Å². The number of benzene rings is 2. The van der Waals surface area contributed by atoms with Crippen LogP contribution in [0.1, 0.15) is 0 Å². The van der Waals surface area contributed by atoms with Crippen molar-refractivity contribution in [2.75, 3.05) is 11.9 Å². The van der Waals surface area contributed by atoms with Crippen molar-refractivity contribution >= 4 is 22.5 Å². The molecule has 0 spiro atoms. The van der Waals surface area contributed by atoms with Gasteiger partial charge in [-0.05, 0) is 24.3 Å². The Balaban J connectivity index is 1.92. The Morgan fingerprint density at radius 3 is 2.55 bits per heavy atom. The average molecular weight is 293 g/mol. The van der Waals surface area contributed by atoms with Crippen molar-refractivity contribution in [3.05, 3.63) is 71.0 Å². The lowest BCUT2D eigenvalue weighted by molar-refractivity contribution is -0.119. The molecule has 0 radical (unpaired) electrons. The zero-order valence-corrected chi connectivity index (χ0v) is 12.1. The van der Waals surface area contributed by atoms with Crippen molar-refractivity contribution in [1.29, 1.82) is 0 Å². The third-order valence-electron chi connectivity index (χ3n) is 3.56. The lowest BCUT2D eigenvalue weighted by Crippen LogP contribution is -2.31. The largest absolute Gasteiger partial charge is 0.314 e. The molecular formula is C17H15N3O2. The Kier molecular flexibility index (Phi) is 3.70. The van der Waals surface area contributed by atoms with Gasteiger partial charge in [0.15, 0.2) is 0 Å². The summed E-state index contributed by atoms with van der Waals surface area (Å²) in [5, 5.41) is 4.64. The van der Waals surface area contributed by atoms with Crippen LogP contribution in [-0.4, -0.2) is 22.7 Å². The molecule has 0 unspecified atom stereocenters.